The predicted octanol–water partition coefficient (Wildman–Crippen LogP) is 2.53. The minimum absolute atomic E-state index is 0. The lowest BCUT2D eigenvalue weighted by Crippen LogP contribution is -2.43. The molecule has 5 heteroatoms. The molecule has 0 amide bonds. The monoisotopic (exact) mass is 394 g/mol. The van der Waals surface area contributed by atoms with Crippen molar-refractivity contribution in [2.45, 2.75) is 52.0 Å². The van der Waals surface area contributed by atoms with E-state index in [1.807, 2.05) is 0 Å². The summed E-state index contributed by atoms with van der Waals surface area (Å²) in [5.41, 5.74) is 6.11. The molecule has 1 unspecified atom stereocenters. The molecule has 20 heavy (non-hydrogen) atoms. The highest BCUT2D eigenvalue weighted by Gasteiger charge is 2.20. The van der Waals surface area contributed by atoms with E-state index < -0.39 is 0 Å². The Bertz CT molecular complexity index is 294. The standard InChI is InChI=1S/C15H30N4.HI/c1-13-6-10-18(11-7-13)14(2)12-17-15(16)19-8-4-3-5-9-19;/h13-14H,3-12H2,1-2H3,(H2,16,17);1H. The lowest BCUT2D eigenvalue weighted by Gasteiger charge is -2.34. The molecule has 0 aliphatic carbocycles. The van der Waals surface area contributed by atoms with E-state index in [0.29, 0.717) is 6.04 Å². The van der Waals surface area contributed by atoms with Gasteiger partial charge in [-0.3, -0.25) is 9.89 Å². The second-order valence-corrected chi connectivity index (χ2v) is 6.31. The van der Waals surface area contributed by atoms with Gasteiger partial charge in [0, 0.05) is 19.1 Å². The number of nitrogens with zero attached hydrogens (tertiary/aromatic N) is 3. The van der Waals surface area contributed by atoms with Gasteiger partial charge in [-0.1, -0.05) is 6.92 Å². The molecule has 0 bridgehead atoms. The smallest absolute Gasteiger partial charge is 0.191 e. The Morgan fingerprint density at radius 3 is 2.35 bits per heavy atom. The lowest BCUT2D eigenvalue weighted by atomic mass is 9.98. The number of likely N-dealkylation sites (tertiary alicyclic amines) is 2. The summed E-state index contributed by atoms with van der Waals surface area (Å²) >= 11 is 0. The van der Waals surface area contributed by atoms with Crippen molar-refractivity contribution in [1.29, 1.82) is 0 Å². The van der Waals surface area contributed by atoms with Crippen LogP contribution in [0.15, 0.2) is 4.99 Å². The van der Waals surface area contributed by atoms with E-state index in [0.717, 1.165) is 31.5 Å². The van der Waals surface area contributed by atoms with Crippen molar-refractivity contribution in [3.63, 3.8) is 0 Å². The molecule has 0 radical (unpaired) electrons. The van der Waals surface area contributed by atoms with Gasteiger partial charge in [-0.15, -0.1) is 24.0 Å². The number of hydrogen-bond donors (Lipinski definition) is 1. The molecule has 118 valence electrons. The number of guanidine groups is 1. The summed E-state index contributed by atoms with van der Waals surface area (Å²) in [5, 5.41) is 0. The van der Waals surface area contributed by atoms with Crippen molar-refractivity contribution in [2.24, 2.45) is 16.6 Å². The van der Waals surface area contributed by atoms with Crippen molar-refractivity contribution < 1.29 is 0 Å². The van der Waals surface area contributed by atoms with Crippen LogP contribution in [0.2, 0.25) is 0 Å². The van der Waals surface area contributed by atoms with Gasteiger partial charge in [0.1, 0.15) is 0 Å². The topological polar surface area (TPSA) is 44.9 Å². The average Bonchev–Trinajstić information content (AvgIpc) is 2.46. The SMILES string of the molecule is CC1CCN(C(C)CN=C(N)N2CCCCC2)CC1.I. The van der Waals surface area contributed by atoms with Crippen molar-refractivity contribution in [3.05, 3.63) is 0 Å². The second-order valence-electron chi connectivity index (χ2n) is 6.31. The molecule has 2 aliphatic rings. The third-order valence-electron chi connectivity index (χ3n) is 4.64. The van der Waals surface area contributed by atoms with Gasteiger partial charge in [-0.25, -0.2) is 0 Å². The van der Waals surface area contributed by atoms with E-state index in [1.54, 1.807) is 0 Å². The molecule has 2 N–H and O–H groups in total. The van der Waals surface area contributed by atoms with Crippen LogP contribution in [0.3, 0.4) is 0 Å². The zero-order valence-electron chi connectivity index (χ0n) is 13.1. The van der Waals surface area contributed by atoms with Gasteiger partial charge in [0.15, 0.2) is 5.96 Å². The summed E-state index contributed by atoms with van der Waals surface area (Å²) < 4.78 is 0. The van der Waals surface area contributed by atoms with Crippen LogP contribution < -0.4 is 5.73 Å². The van der Waals surface area contributed by atoms with Gasteiger partial charge in [0.2, 0.25) is 0 Å². The summed E-state index contributed by atoms with van der Waals surface area (Å²) in [7, 11) is 0. The van der Waals surface area contributed by atoms with Crippen LogP contribution >= 0.6 is 24.0 Å². The zero-order chi connectivity index (χ0) is 13.7. The van der Waals surface area contributed by atoms with E-state index in [1.165, 1.54) is 45.2 Å². The van der Waals surface area contributed by atoms with E-state index in [-0.39, 0.29) is 24.0 Å². The van der Waals surface area contributed by atoms with Crippen molar-refractivity contribution in [3.8, 4) is 0 Å². The maximum Gasteiger partial charge on any atom is 0.191 e. The van der Waals surface area contributed by atoms with E-state index in [2.05, 4.69) is 28.6 Å². The largest absolute Gasteiger partial charge is 0.370 e. The van der Waals surface area contributed by atoms with Crippen LogP contribution in [0, 0.1) is 5.92 Å². The molecule has 2 heterocycles. The first-order valence-electron chi connectivity index (χ1n) is 7.95. The van der Waals surface area contributed by atoms with Crippen LogP contribution in [-0.4, -0.2) is 54.5 Å². The van der Waals surface area contributed by atoms with Gasteiger partial charge in [0.25, 0.3) is 0 Å². The van der Waals surface area contributed by atoms with Gasteiger partial charge in [0.05, 0.1) is 6.54 Å². The van der Waals surface area contributed by atoms with Crippen LogP contribution in [0.1, 0.15) is 46.0 Å². The number of nitrogens with two attached hydrogens (primary N) is 1. The first-order chi connectivity index (χ1) is 9.16. The number of rotatable bonds is 3. The lowest BCUT2D eigenvalue weighted by molar-refractivity contribution is 0.150. The zero-order valence-corrected chi connectivity index (χ0v) is 15.4. The molecule has 2 fully saturated rings. The number of aliphatic imine (C=N–C) groups is 1. The molecule has 2 saturated heterocycles. The molecule has 0 aromatic carbocycles. The van der Waals surface area contributed by atoms with Crippen LogP contribution in [0.5, 0.6) is 0 Å². The molecule has 2 aliphatic heterocycles. The molecule has 1 atom stereocenters. The maximum atomic E-state index is 6.11. The molecular formula is C15H31IN4. The number of hydrogen-bond acceptors (Lipinski definition) is 2. The fourth-order valence-electron chi connectivity index (χ4n) is 3.03. The van der Waals surface area contributed by atoms with Crippen molar-refractivity contribution >= 4 is 29.9 Å². The Hall–Kier alpha value is -0.0400. The molecule has 0 spiro atoms. The Labute approximate surface area is 141 Å². The molecule has 0 saturated carbocycles. The van der Waals surface area contributed by atoms with Gasteiger partial charge in [-0.2, -0.15) is 0 Å². The van der Waals surface area contributed by atoms with Crippen LogP contribution in [0.4, 0.5) is 0 Å². The summed E-state index contributed by atoms with van der Waals surface area (Å²) in [6.45, 7) is 10.1. The van der Waals surface area contributed by atoms with Crippen LogP contribution in [-0.2, 0) is 0 Å². The summed E-state index contributed by atoms with van der Waals surface area (Å²) in [6, 6.07) is 0.524. The van der Waals surface area contributed by atoms with Crippen molar-refractivity contribution in [1.82, 2.24) is 9.80 Å². The minimum Gasteiger partial charge on any atom is -0.370 e. The summed E-state index contributed by atoms with van der Waals surface area (Å²) in [4.78, 5) is 9.43. The van der Waals surface area contributed by atoms with E-state index in [4.69, 9.17) is 5.73 Å². The summed E-state index contributed by atoms with van der Waals surface area (Å²) in [6.07, 6.45) is 6.52. The highest BCUT2D eigenvalue weighted by atomic mass is 127. The highest BCUT2D eigenvalue weighted by Crippen LogP contribution is 2.18. The molecule has 0 aromatic heterocycles. The van der Waals surface area contributed by atoms with Gasteiger partial charge < -0.3 is 10.6 Å². The first-order valence-corrected chi connectivity index (χ1v) is 7.95. The molecular weight excluding hydrogens is 363 g/mol. The van der Waals surface area contributed by atoms with Gasteiger partial charge in [-0.05, 0) is 58.0 Å². The van der Waals surface area contributed by atoms with Gasteiger partial charge >= 0.3 is 0 Å². The number of halogens is 1. The fourth-order valence-corrected chi connectivity index (χ4v) is 3.03. The fraction of sp³-hybridized carbons (Fsp3) is 0.933. The third kappa shape index (κ3) is 5.39. The predicted molar refractivity (Wildman–Crippen MR) is 96.8 cm³/mol. The van der Waals surface area contributed by atoms with Crippen molar-refractivity contribution in [2.75, 3.05) is 32.7 Å². The second kappa shape index (κ2) is 9.07. The quantitative estimate of drug-likeness (QED) is 0.455. The van der Waals surface area contributed by atoms with E-state index >= 15 is 0 Å². The molecule has 2 rings (SSSR count). The maximum absolute atomic E-state index is 6.11. The summed E-state index contributed by atoms with van der Waals surface area (Å²) in [5.74, 6) is 1.65. The Balaban J connectivity index is 0.00000200. The van der Waals surface area contributed by atoms with Crippen LogP contribution in [0.25, 0.3) is 0 Å². The third-order valence-corrected chi connectivity index (χ3v) is 4.64. The first kappa shape index (κ1) is 18.0. The Morgan fingerprint density at radius 1 is 1.15 bits per heavy atom. The Kier molecular flexibility index (Phi) is 8.17. The minimum atomic E-state index is 0. The Morgan fingerprint density at radius 2 is 1.75 bits per heavy atom. The molecule has 4 nitrogen and oxygen atoms in total. The average molecular weight is 394 g/mol. The number of piperidine rings is 2. The van der Waals surface area contributed by atoms with E-state index in [9.17, 15) is 0 Å². The molecule has 0 aromatic rings. The normalized spacial score (nSPS) is 24.3. The highest BCUT2D eigenvalue weighted by molar-refractivity contribution is 14.0.